The summed E-state index contributed by atoms with van der Waals surface area (Å²) >= 11 is 18.6. The van der Waals surface area contributed by atoms with Gasteiger partial charge in [-0.15, -0.1) is 0 Å². The van der Waals surface area contributed by atoms with Gasteiger partial charge in [0.1, 0.15) is 0 Å². The van der Waals surface area contributed by atoms with Crippen LogP contribution in [0.5, 0.6) is 0 Å². The first-order valence-corrected chi connectivity index (χ1v) is 11.2. The summed E-state index contributed by atoms with van der Waals surface area (Å²) in [4.78, 5) is 13.2. The Labute approximate surface area is 195 Å². The van der Waals surface area contributed by atoms with Crippen molar-refractivity contribution in [2.24, 2.45) is 5.73 Å². The quantitative estimate of drug-likeness (QED) is 0.535. The molecule has 2 heterocycles. The minimum Gasteiger partial charge on any atom is -0.326 e. The number of amides is 1. The highest BCUT2D eigenvalue weighted by Crippen LogP contribution is 2.33. The lowest BCUT2D eigenvalue weighted by atomic mass is 10.0. The van der Waals surface area contributed by atoms with Gasteiger partial charge in [-0.25, -0.2) is 9.69 Å². The Kier molecular flexibility index (Phi) is 6.84. The zero-order valence-electron chi connectivity index (χ0n) is 16.7. The van der Waals surface area contributed by atoms with Gasteiger partial charge in [0, 0.05) is 40.8 Å². The van der Waals surface area contributed by atoms with Crippen LogP contribution < -0.4 is 11.2 Å². The highest BCUT2D eigenvalue weighted by atomic mass is 35.5. The van der Waals surface area contributed by atoms with Crippen LogP contribution in [0.3, 0.4) is 0 Å². The normalized spacial score (nSPS) is 14.6. The summed E-state index contributed by atoms with van der Waals surface area (Å²) in [6, 6.07) is 12.4. The van der Waals surface area contributed by atoms with Crippen molar-refractivity contribution in [2.45, 2.75) is 25.8 Å². The third-order valence-electron chi connectivity index (χ3n) is 5.27. The predicted octanol–water partition coefficient (Wildman–Crippen LogP) is 5.09. The predicted molar refractivity (Wildman–Crippen MR) is 125 cm³/mol. The summed E-state index contributed by atoms with van der Waals surface area (Å²) < 4.78 is 1.65. The van der Waals surface area contributed by atoms with Gasteiger partial charge in [0.2, 0.25) is 0 Å². The lowest BCUT2D eigenvalue weighted by Crippen LogP contribution is -2.45. The van der Waals surface area contributed by atoms with Crippen LogP contribution in [0.4, 0.5) is 0 Å². The van der Waals surface area contributed by atoms with Crippen molar-refractivity contribution < 1.29 is 4.79 Å². The number of carbonyl (C=O) groups excluding carboxylic acids is 1. The van der Waals surface area contributed by atoms with Gasteiger partial charge < -0.3 is 5.73 Å². The van der Waals surface area contributed by atoms with E-state index in [4.69, 9.17) is 40.5 Å². The van der Waals surface area contributed by atoms with E-state index in [1.54, 1.807) is 35.0 Å². The Bertz CT molecular complexity index is 1090. The van der Waals surface area contributed by atoms with Crippen molar-refractivity contribution in [1.82, 2.24) is 20.2 Å². The highest BCUT2D eigenvalue weighted by molar-refractivity contribution is 6.35. The van der Waals surface area contributed by atoms with Crippen LogP contribution in [0, 0.1) is 0 Å². The Morgan fingerprint density at radius 2 is 1.68 bits per heavy atom. The van der Waals surface area contributed by atoms with Crippen LogP contribution in [-0.2, 0) is 6.54 Å². The minimum absolute atomic E-state index is 0.131. The lowest BCUT2D eigenvalue weighted by Gasteiger charge is -2.26. The topological polar surface area (TPSA) is 76.2 Å². The molecule has 162 valence electrons. The van der Waals surface area contributed by atoms with Crippen molar-refractivity contribution >= 4 is 40.7 Å². The molecular formula is C22H22Cl3N5O. The minimum atomic E-state index is -0.290. The standard InChI is InChI=1S/C22H22Cl3N5O/c23-15-6-4-14(5-7-15)21-17(13-26)20(22(31)28-29-10-2-1-3-11-29)27-30(21)19-9-8-16(24)12-18(19)25/h4-9,12H,1-3,10-11,13,26H2,(H,28,31). The Hall–Kier alpha value is -2.09. The molecule has 6 nitrogen and oxygen atoms in total. The van der Waals surface area contributed by atoms with E-state index in [1.165, 1.54) is 6.42 Å². The maximum absolute atomic E-state index is 13.2. The summed E-state index contributed by atoms with van der Waals surface area (Å²) in [6.07, 6.45) is 3.27. The molecule has 1 aromatic heterocycles. The number of piperidine rings is 1. The van der Waals surface area contributed by atoms with E-state index in [0.717, 1.165) is 31.5 Å². The van der Waals surface area contributed by atoms with Gasteiger partial charge >= 0.3 is 0 Å². The number of benzene rings is 2. The summed E-state index contributed by atoms with van der Waals surface area (Å²) in [5, 5.41) is 8.11. The first-order chi connectivity index (χ1) is 15.0. The van der Waals surface area contributed by atoms with E-state index in [1.807, 2.05) is 17.1 Å². The summed E-state index contributed by atoms with van der Waals surface area (Å²) in [7, 11) is 0. The number of carbonyl (C=O) groups is 1. The van der Waals surface area contributed by atoms with Crippen LogP contribution in [0.1, 0.15) is 35.3 Å². The maximum Gasteiger partial charge on any atom is 0.286 e. The van der Waals surface area contributed by atoms with E-state index < -0.39 is 0 Å². The highest BCUT2D eigenvalue weighted by Gasteiger charge is 2.26. The first kappa shape index (κ1) is 22.1. The maximum atomic E-state index is 13.2. The number of rotatable bonds is 5. The molecule has 9 heteroatoms. The molecule has 1 saturated heterocycles. The van der Waals surface area contributed by atoms with Crippen molar-refractivity contribution in [3.63, 3.8) is 0 Å². The van der Waals surface area contributed by atoms with Gasteiger partial charge in [0.15, 0.2) is 5.69 Å². The third kappa shape index (κ3) is 4.73. The van der Waals surface area contributed by atoms with Crippen molar-refractivity contribution in [3.05, 3.63) is 68.8 Å². The molecule has 1 aliphatic rings. The van der Waals surface area contributed by atoms with Gasteiger partial charge in [0.25, 0.3) is 5.91 Å². The Balaban J connectivity index is 1.84. The Morgan fingerprint density at radius 1 is 1.00 bits per heavy atom. The van der Waals surface area contributed by atoms with Crippen molar-refractivity contribution in [2.75, 3.05) is 13.1 Å². The van der Waals surface area contributed by atoms with Crippen LogP contribution >= 0.6 is 34.8 Å². The first-order valence-electron chi connectivity index (χ1n) is 10.1. The van der Waals surface area contributed by atoms with Crippen LogP contribution in [0.2, 0.25) is 15.1 Å². The smallest absolute Gasteiger partial charge is 0.286 e. The SMILES string of the molecule is NCc1c(C(=O)NN2CCCCC2)nn(-c2ccc(Cl)cc2Cl)c1-c1ccc(Cl)cc1. The van der Waals surface area contributed by atoms with Gasteiger partial charge in [0.05, 0.1) is 16.4 Å². The van der Waals surface area contributed by atoms with Crippen LogP contribution in [-0.4, -0.2) is 33.8 Å². The molecule has 1 aliphatic heterocycles. The lowest BCUT2D eigenvalue weighted by molar-refractivity contribution is 0.0743. The fourth-order valence-corrected chi connectivity index (χ4v) is 4.37. The molecule has 0 atom stereocenters. The molecule has 1 fully saturated rings. The van der Waals surface area contributed by atoms with Crippen LogP contribution in [0.15, 0.2) is 42.5 Å². The molecule has 0 aliphatic carbocycles. The van der Waals surface area contributed by atoms with E-state index in [0.29, 0.717) is 32.0 Å². The Morgan fingerprint density at radius 3 is 2.32 bits per heavy atom. The van der Waals surface area contributed by atoms with Crippen LogP contribution in [0.25, 0.3) is 16.9 Å². The molecule has 0 spiro atoms. The largest absolute Gasteiger partial charge is 0.326 e. The zero-order chi connectivity index (χ0) is 22.0. The number of nitrogens with two attached hydrogens (primary N) is 1. The molecule has 0 bridgehead atoms. The molecule has 4 rings (SSSR count). The molecule has 0 saturated carbocycles. The fourth-order valence-electron chi connectivity index (χ4n) is 3.76. The van der Waals surface area contributed by atoms with E-state index in [9.17, 15) is 4.79 Å². The number of hydrogen-bond acceptors (Lipinski definition) is 4. The molecule has 31 heavy (non-hydrogen) atoms. The molecule has 3 N–H and O–H groups in total. The average molecular weight is 479 g/mol. The second kappa shape index (κ2) is 9.59. The summed E-state index contributed by atoms with van der Waals surface area (Å²) in [5.41, 5.74) is 12.1. The van der Waals surface area contributed by atoms with Crippen molar-refractivity contribution in [3.8, 4) is 16.9 Å². The molecule has 0 radical (unpaired) electrons. The van der Waals surface area contributed by atoms with Gasteiger partial charge in [-0.1, -0.05) is 53.4 Å². The molecule has 1 amide bonds. The fraction of sp³-hybridized carbons (Fsp3) is 0.273. The van der Waals surface area contributed by atoms with Gasteiger partial charge in [-0.2, -0.15) is 5.10 Å². The number of aromatic nitrogens is 2. The summed E-state index contributed by atoms with van der Waals surface area (Å²) in [6.45, 7) is 1.76. The number of nitrogens with zero attached hydrogens (tertiary/aromatic N) is 3. The number of halogens is 3. The number of hydrogen-bond donors (Lipinski definition) is 2. The zero-order valence-corrected chi connectivity index (χ0v) is 19.0. The van der Waals surface area contributed by atoms with E-state index >= 15 is 0 Å². The van der Waals surface area contributed by atoms with E-state index in [2.05, 4.69) is 10.5 Å². The molecular weight excluding hydrogens is 457 g/mol. The third-order valence-corrected chi connectivity index (χ3v) is 6.06. The monoisotopic (exact) mass is 477 g/mol. The number of nitrogens with one attached hydrogen (secondary N) is 1. The summed E-state index contributed by atoms with van der Waals surface area (Å²) in [5.74, 6) is -0.290. The second-order valence-corrected chi connectivity index (χ2v) is 8.66. The van der Waals surface area contributed by atoms with Gasteiger partial charge in [-0.05, 0) is 43.2 Å². The second-order valence-electron chi connectivity index (χ2n) is 7.38. The van der Waals surface area contributed by atoms with Gasteiger partial charge in [-0.3, -0.25) is 10.2 Å². The average Bonchev–Trinajstić information content (AvgIpc) is 3.14. The number of hydrazine groups is 1. The van der Waals surface area contributed by atoms with Crippen molar-refractivity contribution in [1.29, 1.82) is 0 Å². The molecule has 0 unspecified atom stereocenters. The van der Waals surface area contributed by atoms with E-state index in [-0.39, 0.29) is 18.1 Å². The molecule has 3 aromatic rings. The molecule has 2 aromatic carbocycles.